The predicted octanol–water partition coefficient (Wildman–Crippen LogP) is 3.80. The Bertz CT molecular complexity index is 720. The summed E-state index contributed by atoms with van der Waals surface area (Å²) in [6, 6.07) is 10.1. The molecule has 1 fully saturated rings. The summed E-state index contributed by atoms with van der Waals surface area (Å²) in [6.07, 6.45) is 6.38. The molecule has 0 N–H and O–H groups in total. The molecule has 4 nitrogen and oxygen atoms in total. The second-order valence-electron chi connectivity index (χ2n) is 6.47. The summed E-state index contributed by atoms with van der Waals surface area (Å²) in [5.74, 6) is 1.75. The Hall–Kier alpha value is -1.75. The first kappa shape index (κ1) is 15.8. The zero-order valence-corrected chi connectivity index (χ0v) is 14.6. The highest BCUT2D eigenvalue weighted by atomic mass is 32.2. The Balaban J connectivity index is 1.71. The summed E-state index contributed by atoms with van der Waals surface area (Å²) in [4.78, 5) is 12.7. The SMILES string of the molecule is O=C(O[C@H]1CCSC1)c1nn(-c2ccccc2)c2c1CCCCC2. The number of ether oxygens (including phenoxy) is 1. The Morgan fingerprint density at radius 1 is 1.17 bits per heavy atom. The molecule has 1 atom stereocenters. The van der Waals surface area contributed by atoms with Crippen LogP contribution in [0.25, 0.3) is 5.69 Å². The van der Waals surface area contributed by atoms with Gasteiger partial charge in [0, 0.05) is 17.0 Å². The van der Waals surface area contributed by atoms with Crippen molar-refractivity contribution in [3.63, 3.8) is 0 Å². The molecule has 1 aromatic heterocycles. The molecule has 24 heavy (non-hydrogen) atoms. The van der Waals surface area contributed by atoms with Crippen molar-refractivity contribution < 1.29 is 9.53 Å². The summed E-state index contributed by atoms with van der Waals surface area (Å²) >= 11 is 1.85. The number of esters is 1. The topological polar surface area (TPSA) is 44.1 Å². The summed E-state index contributed by atoms with van der Waals surface area (Å²) in [7, 11) is 0. The molecule has 0 amide bonds. The Labute approximate surface area is 146 Å². The molecule has 0 radical (unpaired) electrons. The van der Waals surface area contributed by atoms with E-state index in [0.717, 1.165) is 54.9 Å². The van der Waals surface area contributed by atoms with Gasteiger partial charge in [0.2, 0.25) is 0 Å². The van der Waals surface area contributed by atoms with Crippen molar-refractivity contribution in [2.75, 3.05) is 11.5 Å². The molecule has 1 saturated heterocycles. The second-order valence-corrected chi connectivity index (χ2v) is 7.62. The molecule has 2 aromatic rings. The number of aromatic nitrogens is 2. The second kappa shape index (κ2) is 7.01. The number of carbonyl (C=O) groups is 1. The fraction of sp³-hybridized carbons (Fsp3) is 0.474. The molecule has 0 unspecified atom stereocenters. The first-order valence-electron chi connectivity index (χ1n) is 8.78. The molecule has 1 aliphatic heterocycles. The highest BCUT2D eigenvalue weighted by Crippen LogP contribution is 2.28. The van der Waals surface area contributed by atoms with Gasteiger partial charge in [0.25, 0.3) is 0 Å². The summed E-state index contributed by atoms with van der Waals surface area (Å²) in [5, 5.41) is 4.68. The molecular formula is C19H22N2O2S. The van der Waals surface area contributed by atoms with Gasteiger partial charge in [-0.3, -0.25) is 0 Å². The zero-order valence-electron chi connectivity index (χ0n) is 13.7. The molecular weight excluding hydrogens is 320 g/mol. The number of rotatable bonds is 3. The fourth-order valence-corrected chi connectivity index (χ4v) is 4.63. The van der Waals surface area contributed by atoms with Crippen LogP contribution >= 0.6 is 11.8 Å². The van der Waals surface area contributed by atoms with Crippen molar-refractivity contribution in [2.45, 2.75) is 44.6 Å². The van der Waals surface area contributed by atoms with Gasteiger partial charge in [0.15, 0.2) is 5.69 Å². The number of fused-ring (bicyclic) bond motifs is 1. The minimum absolute atomic E-state index is 0.0470. The maximum absolute atomic E-state index is 12.7. The van der Waals surface area contributed by atoms with Gasteiger partial charge < -0.3 is 4.74 Å². The minimum atomic E-state index is -0.240. The van der Waals surface area contributed by atoms with Crippen LogP contribution < -0.4 is 0 Å². The first-order chi connectivity index (χ1) is 11.8. The van der Waals surface area contributed by atoms with Gasteiger partial charge in [0.05, 0.1) is 5.69 Å². The number of benzene rings is 1. The smallest absolute Gasteiger partial charge is 0.359 e. The summed E-state index contributed by atoms with van der Waals surface area (Å²) in [6.45, 7) is 0. The van der Waals surface area contributed by atoms with Gasteiger partial charge >= 0.3 is 5.97 Å². The lowest BCUT2D eigenvalue weighted by molar-refractivity contribution is 0.0348. The van der Waals surface area contributed by atoms with Crippen molar-refractivity contribution in [1.82, 2.24) is 9.78 Å². The monoisotopic (exact) mass is 342 g/mol. The van der Waals surface area contributed by atoms with E-state index >= 15 is 0 Å². The average molecular weight is 342 g/mol. The minimum Gasteiger partial charge on any atom is -0.457 e. The van der Waals surface area contributed by atoms with E-state index in [0.29, 0.717) is 5.69 Å². The lowest BCUT2D eigenvalue weighted by Crippen LogP contribution is -2.19. The van der Waals surface area contributed by atoms with Crippen LogP contribution in [0.5, 0.6) is 0 Å². The normalized spacial score (nSPS) is 20.4. The third-order valence-corrected chi connectivity index (χ3v) is 5.92. The van der Waals surface area contributed by atoms with Crippen LogP contribution in [0.2, 0.25) is 0 Å². The van der Waals surface area contributed by atoms with Crippen molar-refractivity contribution in [3.8, 4) is 5.69 Å². The maximum atomic E-state index is 12.7. The predicted molar refractivity (Wildman–Crippen MR) is 96.0 cm³/mol. The van der Waals surface area contributed by atoms with Gasteiger partial charge in [-0.25, -0.2) is 9.48 Å². The maximum Gasteiger partial charge on any atom is 0.359 e. The van der Waals surface area contributed by atoms with E-state index < -0.39 is 0 Å². The number of hydrogen-bond donors (Lipinski definition) is 0. The standard InChI is InChI=1S/C19H22N2O2S/c22-19(23-15-11-12-24-13-15)18-16-9-5-2-6-10-17(16)21(20-18)14-7-3-1-4-8-14/h1,3-4,7-8,15H,2,5-6,9-13H2/t15-/m0/s1. The van der Waals surface area contributed by atoms with Gasteiger partial charge in [-0.15, -0.1) is 0 Å². The lowest BCUT2D eigenvalue weighted by atomic mass is 10.1. The molecule has 0 saturated carbocycles. The van der Waals surface area contributed by atoms with Gasteiger partial charge in [-0.1, -0.05) is 24.6 Å². The third-order valence-electron chi connectivity index (χ3n) is 4.79. The van der Waals surface area contributed by atoms with Crippen LogP contribution in [0.3, 0.4) is 0 Å². The van der Waals surface area contributed by atoms with E-state index in [1.165, 1.54) is 12.1 Å². The average Bonchev–Trinajstić information content (AvgIpc) is 3.17. The number of carbonyl (C=O) groups excluding carboxylic acids is 1. The van der Waals surface area contributed by atoms with Crippen molar-refractivity contribution in [2.24, 2.45) is 0 Å². The number of para-hydroxylation sites is 1. The third kappa shape index (κ3) is 3.09. The van der Waals surface area contributed by atoms with Gasteiger partial charge in [0.1, 0.15) is 6.10 Å². The van der Waals surface area contributed by atoms with Gasteiger partial charge in [-0.2, -0.15) is 16.9 Å². The molecule has 126 valence electrons. The molecule has 2 aliphatic rings. The van der Waals surface area contributed by atoms with Crippen LogP contribution in [-0.4, -0.2) is 33.4 Å². The molecule has 1 aliphatic carbocycles. The van der Waals surface area contributed by atoms with E-state index in [1.54, 1.807) is 0 Å². The fourth-order valence-electron chi connectivity index (χ4n) is 3.54. The molecule has 1 aromatic carbocycles. The molecule has 0 spiro atoms. The van der Waals surface area contributed by atoms with Crippen molar-refractivity contribution in [1.29, 1.82) is 0 Å². The van der Waals surface area contributed by atoms with Crippen LogP contribution in [0.15, 0.2) is 30.3 Å². The highest BCUT2D eigenvalue weighted by Gasteiger charge is 2.28. The first-order valence-corrected chi connectivity index (χ1v) is 9.93. The molecule has 2 heterocycles. The Morgan fingerprint density at radius 2 is 2.00 bits per heavy atom. The quantitative estimate of drug-likeness (QED) is 0.628. The lowest BCUT2D eigenvalue weighted by Gasteiger charge is -2.10. The summed E-state index contributed by atoms with van der Waals surface area (Å²) < 4.78 is 7.68. The highest BCUT2D eigenvalue weighted by molar-refractivity contribution is 7.99. The van der Waals surface area contributed by atoms with Crippen molar-refractivity contribution >= 4 is 17.7 Å². The summed E-state index contributed by atoms with van der Waals surface area (Å²) in [5.41, 5.74) is 3.84. The molecule has 4 rings (SSSR count). The largest absolute Gasteiger partial charge is 0.457 e. The van der Waals surface area contributed by atoms with Crippen LogP contribution in [0, 0.1) is 0 Å². The molecule has 0 bridgehead atoms. The number of hydrogen-bond acceptors (Lipinski definition) is 4. The van der Waals surface area contributed by atoms with Gasteiger partial charge in [-0.05, 0) is 50.0 Å². The van der Waals surface area contributed by atoms with E-state index in [1.807, 2.05) is 46.8 Å². The Morgan fingerprint density at radius 3 is 2.79 bits per heavy atom. The van der Waals surface area contributed by atoms with Crippen molar-refractivity contribution in [3.05, 3.63) is 47.3 Å². The zero-order chi connectivity index (χ0) is 16.4. The Kier molecular flexibility index (Phi) is 4.60. The van der Waals surface area contributed by atoms with E-state index in [4.69, 9.17) is 4.74 Å². The van der Waals surface area contributed by atoms with Crippen LogP contribution in [-0.2, 0) is 17.6 Å². The van der Waals surface area contributed by atoms with E-state index in [9.17, 15) is 4.79 Å². The number of thioether (sulfide) groups is 1. The molecule has 5 heteroatoms. The van der Waals surface area contributed by atoms with Crippen LogP contribution in [0.4, 0.5) is 0 Å². The van der Waals surface area contributed by atoms with Crippen LogP contribution in [0.1, 0.15) is 47.4 Å². The van der Waals surface area contributed by atoms with E-state index in [-0.39, 0.29) is 12.1 Å². The number of nitrogens with zero attached hydrogens (tertiary/aromatic N) is 2. The van der Waals surface area contributed by atoms with E-state index in [2.05, 4.69) is 5.10 Å².